The van der Waals surface area contributed by atoms with Gasteiger partial charge < -0.3 is 10.2 Å². The lowest BCUT2D eigenvalue weighted by atomic mass is 9.47. The van der Waals surface area contributed by atoms with Crippen LogP contribution in [0.25, 0.3) is 0 Å². The second-order valence-corrected chi connectivity index (χ2v) is 10.1. The molecule has 4 rings (SSSR count). The van der Waals surface area contributed by atoms with E-state index in [1.54, 1.807) is 5.57 Å². The number of hydrogen-bond acceptors (Lipinski definition) is 2. The second-order valence-electron chi connectivity index (χ2n) is 10.1. The van der Waals surface area contributed by atoms with Gasteiger partial charge in [0.15, 0.2) is 0 Å². The highest BCUT2D eigenvalue weighted by Crippen LogP contribution is 2.66. The van der Waals surface area contributed by atoms with Crippen LogP contribution in [0.15, 0.2) is 11.6 Å². The minimum atomic E-state index is -0.0619. The highest BCUT2D eigenvalue weighted by atomic mass is 16.3. The Balaban J connectivity index is 1.64. The Hall–Kier alpha value is -0.340. The summed E-state index contributed by atoms with van der Waals surface area (Å²) in [6, 6.07) is 0. The van der Waals surface area contributed by atoms with E-state index in [1.165, 1.54) is 38.5 Å². The molecule has 24 heavy (non-hydrogen) atoms. The average Bonchev–Trinajstić information content (AvgIpc) is 2.92. The van der Waals surface area contributed by atoms with Crippen molar-refractivity contribution in [2.45, 2.75) is 78.2 Å². The molecule has 0 amide bonds. The van der Waals surface area contributed by atoms with Gasteiger partial charge in [-0.15, -0.1) is 0 Å². The van der Waals surface area contributed by atoms with Gasteiger partial charge in [0, 0.05) is 6.61 Å². The van der Waals surface area contributed by atoms with Crippen LogP contribution in [0, 0.1) is 40.4 Å². The molecule has 3 unspecified atom stereocenters. The fraction of sp³-hybridized carbons (Fsp3) is 0.909. The molecule has 8 atom stereocenters. The number of hydrogen-bond donors (Lipinski definition) is 2. The Labute approximate surface area is 147 Å². The summed E-state index contributed by atoms with van der Waals surface area (Å²) < 4.78 is 0. The summed E-state index contributed by atoms with van der Waals surface area (Å²) in [7, 11) is 0. The zero-order chi connectivity index (χ0) is 17.1. The maximum absolute atomic E-state index is 10.1. The van der Waals surface area contributed by atoms with E-state index in [1.807, 2.05) is 0 Å². The van der Waals surface area contributed by atoms with Crippen molar-refractivity contribution in [1.29, 1.82) is 0 Å². The van der Waals surface area contributed by atoms with Gasteiger partial charge in [0.2, 0.25) is 0 Å². The molecule has 4 aliphatic carbocycles. The molecule has 0 saturated heterocycles. The molecule has 0 aromatic rings. The monoisotopic (exact) mass is 332 g/mol. The van der Waals surface area contributed by atoms with Crippen molar-refractivity contribution >= 4 is 0 Å². The molecule has 0 spiro atoms. The zero-order valence-corrected chi connectivity index (χ0v) is 15.8. The van der Waals surface area contributed by atoms with E-state index in [4.69, 9.17) is 0 Å². The van der Waals surface area contributed by atoms with Crippen molar-refractivity contribution in [2.75, 3.05) is 6.61 Å². The molecular weight excluding hydrogens is 296 g/mol. The molecule has 2 nitrogen and oxygen atoms in total. The second kappa shape index (κ2) is 5.84. The Kier molecular flexibility index (Phi) is 4.16. The van der Waals surface area contributed by atoms with E-state index in [0.29, 0.717) is 35.2 Å². The molecule has 0 aliphatic heterocycles. The maximum Gasteiger partial charge on any atom is 0.0543 e. The summed E-state index contributed by atoms with van der Waals surface area (Å²) in [5.41, 5.74) is 2.61. The van der Waals surface area contributed by atoms with Crippen LogP contribution in [0.1, 0.15) is 72.1 Å². The van der Waals surface area contributed by atoms with Gasteiger partial charge in [0.1, 0.15) is 0 Å². The van der Waals surface area contributed by atoms with E-state index in [2.05, 4.69) is 26.8 Å². The average molecular weight is 333 g/mol. The fourth-order valence-electron chi connectivity index (χ4n) is 7.59. The fourth-order valence-corrected chi connectivity index (χ4v) is 7.59. The molecule has 2 N–H and O–H groups in total. The Morgan fingerprint density at radius 2 is 1.79 bits per heavy atom. The van der Waals surface area contributed by atoms with Crippen molar-refractivity contribution in [2.24, 2.45) is 40.4 Å². The first-order valence-electron chi connectivity index (χ1n) is 10.4. The van der Waals surface area contributed by atoms with Gasteiger partial charge in [0.25, 0.3) is 0 Å². The number of fused-ring (bicyclic) bond motifs is 5. The Morgan fingerprint density at radius 1 is 1.08 bits per heavy atom. The smallest absolute Gasteiger partial charge is 0.0543 e. The summed E-state index contributed by atoms with van der Waals surface area (Å²) in [6.07, 6.45) is 12.2. The minimum Gasteiger partial charge on any atom is -0.396 e. The van der Waals surface area contributed by atoms with Gasteiger partial charge in [-0.2, -0.15) is 0 Å². The van der Waals surface area contributed by atoms with E-state index in [9.17, 15) is 10.2 Å². The third-order valence-corrected chi connectivity index (χ3v) is 9.10. The first kappa shape index (κ1) is 17.1. The van der Waals surface area contributed by atoms with Crippen molar-refractivity contribution in [3.63, 3.8) is 0 Å². The van der Waals surface area contributed by atoms with Crippen LogP contribution in [0.2, 0.25) is 0 Å². The molecule has 4 aliphatic rings. The molecule has 136 valence electrons. The quantitative estimate of drug-likeness (QED) is 0.728. The Morgan fingerprint density at radius 3 is 2.54 bits per heavy atom. The van der Waals surface area contributed by atoms with Gasteiger partial charge in [-0.1, -0.05) is 32.4 Å². The Bertz CT molecular complexity index is 526. The first-order valence-corrected chi connectivity index (χ1v) is 10.4. The summed E-state index contributed by atoms with van der Waals surface area (Å²) in [4.78, 5) is 0. The van der Waals surface area contributed by atoms with Gasteiger partial charge >= 0.3 is 0 Å². The topological polar surface area (TPSA) is 40.5 Å². The predicted octanol–water partition coefficient (Wildman–Crippen LogP) is 4.55. The van der Waals surface area contributed by atoms with E-state index in [0.717, 1.165) is 24.7 Å². The standard InChI is InChI=1S/C22H36O2/c1-14(13-23)18-6-7-19-17-5-4-15-12-16(24)8-10-21(15,2)20(17)9-11-22(18,19)3/h5,14-16,18-20,23-24H,4,6-13H2,1-3H3/t14?,15?,16?,18-,19+,20+,21+,22-/m1/s1. The zero-order valence-electron chi connectivity index (χ0n) is 15.8. The van der Waals surface area contributed by atoms with Crippen molar-refractivity contribution < 1.29 is 10.2 Å². The molecule has 3 fully saturated rings. The third-order valence-electron chi connectivity index (χ3n) is 9.10. The lowest BCUT2D eigenvalue weighted by Gasteiger charge is -2.57. The van der Waals surface area contributed by atoms with Gasteiger partial charge in [0.05, 0.1) is 6.10 Å². The van der Waals surface area contributed by atoms with Gasteiger partial charge in [-0.3, -0.25) is 0 Å². The largest absolute Gasteiger partial charge is 0.396 e. The molecular formula is C22H36O2. The summed E-state index contributed by atoms with van der Waals surface area (Å²) in [6.45, 7) is 7.65. The van der Waals surface area contributed by atoms with Gasteiger partial charge in [-0.25, -0.2) is 0 Å². The number of aliphatic hydroxyl groups is 2. The minimum absolute atomic E-state index is 0.0619. The van der Waals surface area contributed by atoms with Crippen LogP contribution < -0.4 is 0 Å². The van der Waals surface area contributed by atoms with E-state index >= 15 is 0 Å². The number of aliphatic hydroxyl groups excluding tert-OH is 2. The third kappa shape index (κ3) is 2.28. The van der Waals surface area contributed by atoms with Crippen LogP contribution in [-0.4, -0.2) is 22.9 Å². The van der Waals surface area contributed by atoms with Crippen LogP contribution in [0.3, 0.4) is 0 Å². The van der Waals surface area contributed by atoms with Crippen LogP contribution >= 0.6 is 0 Å². The number of rotatable bonds is 2. The summed E-state index contributed by atoms with van der Waals surface area (Å²) in [5.74, 6) is 3.32. The first-order chi connectivity index (χ1) is 11.4. The lowest BCUT2D eigenvalue weighted by molar-refractivity contribution is -0.0439. The molecule has 0 radical (unpaired) electrons. The molecule has 0 aromatic heterocycles. The molecule has 0 heterocycles. The SMILES string of the molecule is CC(CO)[C@H]1CC[C@H]2C3=CCC4CC(O)CC[C@]4(C)[C@H]3CC[C@]12C. The van der Waals surface area contributed by atoms with Crippen LogP contribution in [0.4, 0.5) is 0 Å². The molecule has 0 aromatic carbocycles. The van der Waals surface area contributed by atoms with Crippen molar-refractivity contribution in [3.05, 3.63) is 11.6 Å². The summed E-state index contributed by atoms with van der Waals surface area (Å²) in [5, 5.41) is 19.8. The number of allylic oxidation sites excluding steroid dienone is 2. The predicted molar refractivity (Wildman–Crippen MR) is 97.4 cm³/mol. The molecule has 0 bridgehead atoms. The highest BCUT2D eigenvalue weighted by Gasteiger charge is 2.58. The highest BCUT2D eigenvalue weighted by molar-refractivity contribution is 5.27. The maximum atomic E-state index is 10.1. The van der Waals surface area contributed by atoms with Gasteiger partial charge in [-0.05, 0) is 91.8 Å². The van der Waals surface area contributed by atoms with Crippen molar-refractivity contribution in [1.82, 2.24) is 0 Å². The molecule has 2 heteroatoms. The van der Waals surface area contributed by atoms with Crippen LogP contribution in [0.5, 0.6) is 0 Å². The lowest BCUT2D eigenvalue weighted by Crippen LogP contribution is -2.50. The van der Waals surface area contributed by atoms with Crippen molar-refractivity contribution in [3.8, 4) is 0 Å². The normalized spacial score (nSPS) is 52.0. The van der Waals surface area contributed by atoms with Crippen LogP contribution in [-0.2, 0) is 0 Å². The van der Waals surface area contributed by atoms with E-state index in [-0.39, 0.29) is 6.10 Å². The van der Waals surface area contributed by atoms with E-state index < -0.39 is 0 Å². The summed E-state index contributed by atoms with van der Waals surface area (Å²) >= 11 is 0. The molecule has 3 saturated carbocycles.